The molecule has 16 heavy (non-hydrogen) atoms. The molecule has 0 aliphatic carbocycles. The van der Waals surface area contributed by atoms with Crippen LogP contribution in [0.4, 0.5) is 5.69 Å². The number of aryl methyl sites for hydroxylation is 1. The maximum Gasteiger partial charge on any atom is 0.0434 e. The van der Waals surface area contributed by atoms with E-state index < -0.39 is 0 Å². The molecule has 2 heteroatoms. The highest BCUT2D eigenvalue weighted by molar-refractivity contribution is 5.80. The molecule has 0 aromatic heterocycles. The van der Waals surface area contributed by atoms with Crippen LogP contribution in [-0.2, 0) is 12.8 Å². The lowest BCUT2D eigenvalue weighted by Crippen LogP contribution is -2.36. The first-order valence-corrected chi connectivity index (χ1v) is 6.17. The fourth-order valence-corrected chi connectivity index (χ4v) is 3.20. The molecule has 1 aromatic carbocycles. The SMILES string of the molecule is CC(=N)CC1Cc2cccc3c2N1CCC3. The Morgan fingerprint density at radius 3 is 3.06 bits per heavy atom. The second-order valence-corrected chi connectivity index (χ2v) is 5.06. The number of para-hydroxylation sites is 1. The van der Waals surface area contributed by atoms with Gasteiger partial charge in [-0.25, -0.2) is 0 Å². The molecule has 1 aromatic rings. The van der Waals surface area contributed by atoms with Crippen molar-refractivity contribution in [1.82, 2.24) is 0 Å². The van der Waals surface area contributed by atoms with Crippen molar-refractivity contribution in [2.45, 2.75) is 38.6 Å². The Hall–Kier alpha value is -1.31. The van der Waals surface area contributed by atoms with E-state index in [0.717, 1.165) is 18.6 Å². The summed E-state index contributed by atoms with van der Waals surface area (Å²) in [5, 5.41) is 7.68. The number of hydrogen-bond acceptors (Lipinski definition) is 2. The van der Waals surface area contributed by atoms with Crippen LogP contribution in [0.5, 0.6) is 0 Å². The van der Waals surface area contributed by atoms with E-state index in [0.29, 0.717) is 6.04 Å². The number of hydrogen-bond donors (Lipinski definition) is 1. The van der Waals surface area contributed by atoms with E-state index in [1.54, 1.807) is 0 Å². The van der Waals surface area contributed by atoms with Crippen LogP contribution in [0.1, 0.15) is 30.9 Å². The summed E-state index contributed by atoms with van der Waals surface area (Å²) in [5.74, 6) is 0. The molecular weight excluding hydrogens is 196 g/mol. The van der Waals surface area contributed by atoms with E-state index >= 15 is 0 Å². The van der Waals surface area contributed by atoms with Gasteiger partial charge in [0.15, 0.2) is 0 Å². The van der Waals surface area contributed by atoms with Crippen LogP contribution in [0, 0.1) is 5.41 Å². The van der Waals surface area contributed by atoms with E-state index in [9.17, 15) is 0 Å². The van der Waals surface area contributed by atoms with Crippen molar-refractivity contribution in [3.63, 3.8) is 0 Å². The molecule has 1 atom stereocenters. The average Bonchev–Trinajstić information content (AvgIpc) is 2.59. The third-order valence-corrected chi connectivity index (χ3v) is 3.77. The lowest BCUT2D eigenvalue weighted by atomic mass is 10.0. The van der Waals surface area contributed by atoms with Crippen molar-refractivity contribution in [3.8, 4) is 0 Å². The quantitative estimate of drug-likeness (QED) is 0.753. The summed E-state index contributed by atoms with van der Waals surface area (Å²) in [5.41, 5.74) is 5.34. The molecular formula is C14H18N2. The summed E-state index contributed by atoms with van der Waals surface area (Å²) in [7, 11) is 0. The first-order valence-electron chi connectivity index (χ1n) is 6.17. The highest BCUT2D eigenvalue weighted by atomic mass is 15.2. The van der Waals surface area contributed by atoms with Gasteiger partial charge in [-0.15, -0.1) is 0 Å². The smallest absolute Gasteiger partial charge is 0.0434 e. The third-order valence-electron chi connectivity index (χ3n) is 3.77. The predicted octanol–water partition coefficient (Wildman–Crippen LogP) is 2.79. The Morgan fingerprint density at radius 1 is 1.44 bits per heavy atom. The Labute approximate surface area is 96.8 Å². The lowest BCUT2D eigenvalue weighted by Gasteiger charge is -2.32. The summed E-state index contributed by atoms with van der Waals surface area (Å²) < 4.78 is 0. The van der Waals surface area contributed by atoms with E-state index in [1.807, 2.05) is 6.92 Å². The fraction of sp³-hybridized carbons (Fsp3) is 0.500. The average molecular weight is 214 g/mol. The van der Waals surface area contributed by atoms with Crippen LogP contribution in [0.25, 0.3) is 0 Å². The molecule has 3 rings (SSSR count). The third kappa shape index (κ3) is 1.44. The van der Waals surface area contributed by atoms with E-state index in [1.165, 1.54) is 36.2 Å². The zero-order chi connectivity index (χ0) is 11.1. The molecule has 1 N–H and O–H groups in total. The topological polar surface area (TPSA) is 27.1 Å². The molecule has 2 aliphatic rings. The zero-order valence-corrected chi connectivity index (χ0v) is 9.79. The van der Waals surface area contributed by atoms with Gasteiger partial charge in [-0.05, 0) is 37.3 Å². The number of anilines is 1. The molecule has 0 amide bonds. The van der Waals surface area contributed by atoms with Gasteiger partial charge in [-0.2, -0.15) is 0 Å². The van der Waals surface area contributed by atoms with Gasteiger partial charge in [-0.1, -0.05) is 18.2 Å². The van der Waals surface area contributed by atoms with Gasteiger partial charge in [0.05, 0.1) is 0 Å². The van der Waals surface area contributed by atoms with Crippen LogP contribution in [0.3, 0.4) is 0 Å². The number of nitrogens with zero attached hydrogens (tertiary/aromatic N) is 1. The molecule has 1 unspecified atom stereocenters. The van der Waals surface area contributed by atoms with Crippen LogP contribution in [0.15, 0.2) is 18.2 Å². The number of nitrogens with one attached hydrogen (secondary N) is 1. The van der Waals surface area contributed by atoms with Crippen molar-refractivity contribution in [2.75, 3.05) is 11.4 Å². The van der Waals surface area contributed by atoms with E-state index in [2.05, 4.69) is 23.1 Å². The van der Waals surface area contributed by atoms with Gasteiger partial charge >= 0.3 is 0 Å². The summed E-state index contributed by atoms with van der Waals surface area (Å²) >= 11 is 0. The second kappa shape index (κ2) is 3.62. The van der Waals surface area contributed by atoms with Crippen molar-refractivity contribution in [1.29, 1.82) is 5.41 Å². The summed E-state index contributed by atoms with van der Waals surface area (Å²) in [6.07, 6.45) is 4.56. The minimum Gasteiger partial charge on any atom is -0.367 e. The lowest BCUT2D eigenvalue weighted by molar-refractivity contribution is 0.605. The molecule has 0 fully saturated rings. The van der Waals surface area contributed by atoms with E-state index in [-0.39, 0.29) is 0 Å². The molecule has 2 heterocycles. The Bertz CT molecular complexity index is 436. The first kappa shape index (κ1) is 9.88. The van der Waals surface area contributed by atoms with Gasteiger partial charge in [-0.3, -0.25) is 0 Å². The molecule has 2 aliphatic heterocycles. The maximum absolute atomic E-state index is 7.68. The standard InChI is InChI=1S/C14H18N2/c1-10(15)8-13-9-12-5-2-4-11-6-3-7-16(13)14(11)12/h2,4-5,13,15H,3,6-9H2,1H3. The minimum absolute atomic E-state index is 0.550. The summed E-state index contributed by atoms with van der Waals surface area (Å²) in [4.78, 5) is 2.55. The van der Waals surface area contributed by atoms with Gasteiger partial charge in [0.1, 0.15) is 0 Å². The number of rotatable bonds is 2. The van der Waals surface area contributed by atoms with Crippen molar-refractivity contribution >= 4 is 11.4 Å². The number of benzene rings is 1. The largest absolute Gasteiger partial charge is 0.367 e. The van der Waals surface area contributed by atoms with Crippen LogP contribution < -0.4 is 4.90 Å². The molecule has 0 spiro atoms. The van der Waals surface area contributed by atoms with Gasteiger partial charge in [0, 0.05) is 30.4 Å². The summed E-state index contributed by atoms with van der Waals surface area (Å²) in [6.45, 7) is 3.11. The Kier molecular flexibility index (Phi) is 2.23. The zero-order valence-electron chi connectivity index (χ0n) is 9.79. The van der Waals surface area contributed by atoms with Crippen LogP contribution in [-0.4, -0.2) is 18.3 Å². The predicted molar refractivity (Wildman–Crippen MR) is 67.6 cm³/mol. The van der Waals surface area contributed by atoms with Crippen molar-refractivity contribution in [3.05, 3.63) is 29.3 Å². The normalized spacial score (nSPS) is 22.1. The highest BCUT2D eigenvalue weighted by Gasteiger charge is 2.32. The monoisotopic (exact) mass is 214 g/mol. The fourth-order valence-electron chi connectivity index (χ4n) is 3.20. The van der Waals surface area contributed by atoms with Crippen LogP contribution in [0.2, 0.25) is 0 Å². The second-order valence-electron chi connectivity index (χ2n) is 5.06. The maximum atomic E-state index is 7.68. The molecule has 0 saturated heterocycles. The molecule has 0 saturated carbocycles. The first-order chi connectivity index (χ1) is 7.75. The minimum atomic E-state index is 0.550. The van der Waals surface area contributed by atoms with E-state index in [4.69, 9.17) is 5.41 Å². The van der Waals surface area contributed by atoms with Gasteiger partial charge < -0.3 is 10.3 Å². The Morgan fingerprint density at radius 2 is 2.25 bits per heavy atom. The molecule has 2 nitrogen and oxygen atoms in total. The van der Waals surface area contributed by atoms with Crippen molar-refractivity contribution < 1.29 is 0 Å². The highest BCUT2D eigenvalue weighted by Crippen LogP contribution is 2.39. The van der Waals surface area contributed by atoms with Crippen molar-refractivity contribution in [2.24, 2.45) is 0 Å². The molecule has 84 valence electrons. The summed E-state index contributed by atoms with van der Waals surface area (Å²) in [6, 6.07) is 7.27. The van der Waals surface area contributed by atoms with Gasteiger partial charge in [0.25, 0.3) is 0 Å². The van der Waals surface area contributed by atoms with Crippen LogP contribution >= 0.6 is 0 Å². The molecule has 0 bridgehead atoms. The van der Waals surface area contributed by atoms with Gasteiger partial charge in [0.2, 0.25) is 0 Å². The molecule has 0 radical (unpaired) electrons. The Balaban J connectivity index is 1.98.